The molecule has 130 valence electrons. The molecule has 1 aromatic rings. The van der Waals surface area contributed by atoms with Crippen molar-refractivity contribution in [2.75, 3.05) is 26.7 Å². The molecule has 0 spiro atoms. The van der Waals surface area contributed by atoms with Gasteiger partial charge in [0.25, 0.3) is 0 Å². The van der Waals surface area contributed by atoms with Crippen LogP contribution in [-0.4, -0.2) is 43.6 Å². The molecule has 0 saturated carbocycles. The minimum atomic E-state index is 0. The summed E-state index contributed by atoms with van der Waals surface area (Å²) in [6, 6.07) is 11.4. The second-order valence-corrected chi connectivity index (χ2v) is 5.99. The molecule has 0 amide bonds. The molecular weight excluding hydrogens is 399 g/mol. The smallest absolute Gasteiger partial charge is 0.191 e. The second kappa shape index (κ2) is 11.7. The number of nitrogens with zero attached hydrogens (tertiary/aromatic N) is 2. The number of guanidine groups is 1. The topological polar surface area (TPSA) is 39.7 Å². The fraction of sp³-hybridized carbons (Fsp3) is 0.611. The van der Waals surface area contributed by atoms with E-state index in [9.17, 15) is 0 Å². The van der Waals surface area contributed by atoms with Crippen molar-refractivity contribution in [2.45, 2.75) is 45.2 Å². The van der Waals surface area contributed by atoms with Gasteiger partial charge in [0, 0.05) is 32.7 Å². The van der Waals surface area contributed by atoms with Crippen LogP contribution in [0, 0.1) is 0 Å². The van der Waals surface area contributed by atoms with Crippen molar-refractivity contribution in [1.29, 1.82) is 0 Å². The molecule has 1 aliphatic heterocycles. The van der Waals surface area contributed by atoms with E-state index in [1.165, 1.54) is 37.8 Å². The fourth-order valence-electron chi connectivity index (χ4n) is 2.97. The van der Waals surface area contributed by atoms with Gasteiger partial charge in [-0.1, -0.05) is 43.7 Å². The van der Waals surface area contributed by atoms with Crippen LogP contribution in [0.3, 0.4) is 0 Å². The number of halogens is 1. The Bertz CT molecular complexity index is 450. The molecule has 1 fully saturated rings. The molecule has 0 radical (unpaired) electrons. The van der Waals surface area contributed by atoms with Crippen LogP contribution in [-0.2, 0) is 6.54 Å². The van der Waals surface area contributed by atoms with Crippen LogP contribution in [0.2, 0.25) is 0 Å². The number of hydrogen-bond donors (Lipinski definition) is 2. The van der Waals surface area contributed by atoms with Crippen molar-refractivity contribution >= 4 is 29.9 Å². The van der Waals surface area contributed by atoms with Crippen LogP contribution in [0.25, 0.3) is 0 Å². The number of hydrogen-bond acceptors (Lipinski definition) is 2. The van der Waals surface area contributed by atoms with E-state index in [4.69, 9.17) is 0 Å². The number of benzene rings is 1. The number of aliphatic imine (C=N–C) groups is 1. The van der Waals surface area contributed by atoms with Gasteiger partial charge < -0.3 is 10.6 Å². The Morgan fingerprint density at radius 1 is 1.26 bits per heavy atom. The molecule has 2 rings (SSSR count). The number of rotatable bonds is 7. The van der Waals surface area contributed by atoms with Crippen molar-refractivity contribution < 1.29 is 0 Å². The predicted octanol–water partition coefficient (Wildman–Crippen LogP) is 3.23. The van der Waals surface area contributed by atoms with Gasteiger partial charge >= 0.3 is 0 Å². The van der Waals surface area contributed by atoms with E-state index in [2.05, 4.69) is 57.8 Å². The van der Waals surface area contributed by atoms with Crippen molar-refractivity contribution in [1.82, 2.24) is 15.5 Å². The number of nitrogens with one attached hydrogen (secondary N) is 2. The molecule has 0 aromatic heterocycles. The van der Waals surface area contributed by atoms with E-state index >= 15 is 0 Å². The zero-order valence-corrected chi connectivity index (χ0v) is 16.8. The molecule has 1 atom stereocenters. The van der Waals surface area contributed by atoms with Gasteiger partial charge in [0.1, 0.15) is 0 Å². The third-order valence-electron chi connectivity index (χ3n) is 4.28. The molecule has 4 nitrogen and oxygen atoms in total. The molecule has 0 aliphatic carbocycles. The first-order valence-corrected chi connectivity index (χ1v) is 8.56. The van der Waals surface area contributed by atoms with Gasteiger partial charge in [0.2, 0.25) is 0 Å². The lowest BCUT2D eigenvalue weighted by molar-refractivity contribution is 0.245. The second-order valence-electron chi connectivity index (χ2n) is 5.99. The van der Waals surface area contributed by atoms with E-state index in [0.717, 1.165) is 25.6 Å². The summed E-state index contributed by atoms with van der Waals surface area (Å²) in [5, 5.41) is 6.86. The van der Waals surface area contributed by atoms with Gasteiger partial charge in [-0.2, -0.15) is 0 Å². The fourth-order valence-corrected chi connectivity index (χ4v) is 2.97. The van der Waals surface area contributed by atoms with Crippen molar-refractivity contribution in [3.05, 3.63) is 35.9 Å². The van der Waals surface area contributed by atoms with E-state index in [-0.39, 0.29) is 24.0 Å². The van der Waals surface area contributed by atoms with E-state index in [1.54, 1.807) is 0 Å². The highest BCUT2D eigenvalue weighted by Crippen LogP contribution is 2.19. The number of unbranched alkanes of at least 4 members (excludes halogenated alkanes) is 1. The SMILES string of the molecule is CCCCNC(=NC)NCC1CCCN1Cc1ccccc1.I. The molecular formula is C18H31IN4. The van der Waals surface area contributed by atoms with Crippen molar-refractivity contribution in [2.24, 2.45) is 4.99 Å². The van der Waals surface area contributed by atoms with Crippen LogP contribution in [0.5, 0.6) is 0 Å². The van der Waals surface area contributed by atoms with Gasteiger partial charge in [0.05, 0.1) is 0 Å². The van der Waals surface area contributed by atoms with Gasteiger partial charge in [-0.3, -0.25) is 9.89 Å². The quantitative estimate of drug-likeness (QED) is 0.302. The first kappa shape index (κ1) is 20.2. The lowest BCUT2D eigenvalue weighted by Gasteiger charge is -2.25. The van der Waals surface area contributed by atoms with Crippen LogP contribution in [0.1, 0.15) is 38.2 Å². The van der Waals surface area contributed by atoms with Gasteiger partial charge in [0.15, 0.2) is 5.96 Å². The Morgan fingerprint density at radius 2 is 2.04 bits per heavy atom. The molecule has 23 heavy (non-hydrogen) atoms. The highest BCUT2D eigenvalue weighted by molar-refractivity contribution is 14.0. The van der Waals surface area contributed by atoms with Gasteiger partial charge in [-0.25, -0.2) is 0 Å². The highest BCUT2D eigenvalue weighted by Gasteiger charge is 2.24. The Hall–Kier alpha value is -0.820. The summed E-state index contributed by atoms with van der Waals surface area (Å²) in [6.45, 7) is 6.42. The third kappa shape index (κ3) is 7.08. The Morgan fingerprint density at radius 3 is 2.74 bits per heavy atom. The van der Waals surface area contributed by atoms with Gasteiger partial charge in [-0.15, -0.1) is 24.0 Å². The summed E-state index contributed by atoms with van der Waals surface area (Å²) >= 11 is 0. The first-order valence-electron chi connectivity index (χ1n) is 8.56. The zero-order valence-electron chi connectivity index (χ0n) is 14.4. The third-order valence-corrected chi connectivity index (χ3v) is 4.28. The summed E-state index contributed by atoms with van der Waals surface area (Å²) in [6.07, 6.45) is 4.95. The molecule has 1 heterocycles. The molecule has 0 bridgehead atoms. The zero-order chi connectivity index (χ0) is 15.6. The number of likely N-dealkylation sites (tertiary alicyclic amines) is 1. The van der Waals surface area contributed by atoms with Crippen LogP contribution < -0.4 is 10.6 Å². The van der Waals surface area contributed by atoms with E-state index < -0.39 is 0 Å². The first-order chi connectivity index (χ1) is 10.8. The molecule has 1 unspecified atom stereocenters. The predicted molar refractivity (Wildman–Crippen MR) is 110 cm³/mol. The van der Waals surface area contributed by atoms with Crippen molar-refractivity contribution in [3.63, 3.8) is 0 Å². The van der Waals surface area contributed by atoms with Crippen LogP contribution in [0.15, 0.2) is 35.3 Å². The standard InChI is InChI=1S/C18H30N4.HI/c1-3-4-12-20-18(19-2)21-14-17-11-8-13-22(17)15-16-9-6-5-7-10-16;/h5-7,9-10,17H,3-4,8,11-15H2,1-2H3,(H2,19,20,21);1H. The summed E-state index contributed by atoms with van der Waals surface area (Å²) < 4.78 is 0. The maximum Gasteiger partial charge on any atom is 0.191 e. The van der Waals surface area contributed by atoms with Crippen LogP contribution >= 0.6 is 24.0 Å². The maximum atomic E-state index is 4.31. The summed E-state index contributed by atoms with van der Waals surface area (Å²) in [7, 11) is 1.84. The monoisotopic (exact) mass is 430 g/mol. The molecule has 2 N–H and O–H groups in total. The van der Waals surface area contributed by atoms with E-state index in [1.807, 2.05) is 7.05 Å². The van der Waals surface area contributed by atoms with E-state index in [0.29, 0.717) is 6.04 Å². The minimum absolute atomic E-state index is 0. The minimum Gasteiger partial charge on any atom is -0.356 e. The Kier molecular flexibility index (Phi) is 10.3. The van der Waals surface area contributed by atoms with Gasteiger partial charge in [-0.05, 0) is 31.4 Å². The largest absolute Gasteiger partial charge is 0.356 e. The summed E-state index contributed by atoms with van der Waals surface area (Å²) in [4.78, 5) is 6.89. The lowest BCUT2D eigenvalue weighted by atomic mass is 10.2. The average Bonchev–Trinajstić information content (AvgIpc) is 2.99. The lowest BCUT2D eigenvalue weighted by Crippen LogP contribution is -2.44. The normalized spacial score (nSPS) is 18.5. The summed E-state index contributed by atoms with van der Waals surface area (Å²) in [5.74, 6) is 0.931. The summed E-state index contributed by atoms with van der Waals surface area (Å²) in [5.41, 5.74) is 1.40. The maximum absolute atomic E-state index is 4.31. The molecule has 1 aromatic carbocycles. The molecule has 5 heteroatoms. The average molecular weight is 430 g/mol. The van der Waals surface area contributed by atoms with Crippen LogP contribution in [0.4, 0.5) is 0 Å². The Balaban J connectivity index is 0.00000264. The Labute approximate surface area is 158 Å². The highest BCUT2D eigenvalue weighted by atomic mass is 127. The molecule has 1 saturated heterocycles. The molecule has 1 aliphatic rings. The van der Waals surface area contributed by atoms with Crippen molar-refractivity contribution in [3.8, 4) is 0 Å².